The van der Waals surface area contributed by atoms with Crippen LogP contribution in [0.15, 0.2) is 54.7 Å². The number of aromatic nitrogens is 3. The van der Waals surface area contributed by atoms with Gasteiger partial charge in [-0.25, -0.2) is 4.68 Å². The van der Waals surface area contributed by atoms with Crippen molar-refractivity contribution in [1.82, 2.24) is 30.1 Å². The molecule has 2 saturated heterocycles. The molecule has 37 heavy (non-hydrogen) atoms. The first kappa shape index (κ1) is 23.1. The van der Waals surface area contributed by atoms with Gasteiger partial charge >= 0.3 is 0 Å². The second kappa shape index (κ2) is 8.95. The van der Waals surface area contributed by atoms with Gasteiger partial charge in [-0.05, 0) is 41.7 Å². The van der Waals surface area contributed by atoms with Crippen molar-refractivity contribution in [1.29, 1.82) is 0 Å². The Morgan fingerprint density at radius 2 is 1.86 bits per heavy atom. The van der Waals surface area contributed by atoms with Gasteiger partial charge in [0.15, 0.2) is 5.69 Å². The van der Waals surface area contributed by atoms with Crippen molar-refractivity contribution < 1.29 is 19.2 Å². The standard InChI is InChI=1S/C27H26N6O4/c1-16(17-5-3-2-4-6-17)19-12-31(13-19)27(37)22-15-33(30-29-22)20-7-8-21-18(11-20)14-32(26(21)36)23-9-10-24(34)28-25(23)35/h2-8,11,15-16,19,23H,9-10,12-14H2,1H3,(H,28,34,35). The normalized spacial score (nSPS) is 20.5. The van der Waals surface area contributed by atoms with Crippen molar-refractivity contribution in [3.63, 3.8) is 0 Å². The smallest absolute Gasteiger partial charge is 0.276 e. The summed E-state index contributed by atoms with van der Waals surface area (Å²) < 4.78 is 1.52. The molecule has 10 heteroatoms. The fourth-order valence-corrected chi connectivity index (χ4v) is 5.38. The van der Waals surface area contributed by atoms with E-state index in [9.17, 15) is 19.2 Å². The van der Waals surface area contributed by atoms with E-state index in [0.29, 0.717) is 42.6 Å². The molecule has 1 aromatic heterocycles. The van der Waals surface area contributed by atoms with Crippen molar-refractivity contribution >= 4 is 23.6 Å². The number of fused-ring (bicyclic) bond motifs is 1. The number of likely N-dealkylation sites (tertiary alicyclic amines) is 1. The molecule has 1 N–H and O–H groups in total. The summed E-state index contributed by atoms with van der Waals surface area (Å²) in [5.74, 6) is -0.365. The summed E-state index contributed by atoms with van der Waals surface area (Å²) in [7, 11) is 0. The molecular weight excluding hydrogens is 472 g/mol. The number of rotatable bonds is 5. The maximum atomic E-state index is 13.0. The third kappa shape index (κ3) is 4.08. The van der Waals surface area contributed by atoms with E-state index in [1.165, 1.54) is 15.1 Å². The Labute approximate surface area is 213 Å². The van der Waals surface area contributed by atoms with Crippen LogP contribution in [0, 0.1) is 5.92 Å². The number of imide groups is 1. The fraction of sp³-hybridized carbons (Fsp3) is 0.333. The lowest BCUT2D eigenvalue weighted by atomic mass is 9.82. The molecule has 0 saturated carbocycles. The Morgan fingerprint density at radius 1 is 1.08 bits per heavy atom. The average molecular weight is 499 g/mol. The summed E-state index contributed by atoms with van der Waals surface area (Å²) in [5, 5.41) is 10.5. The quantitative estimate of drug-likeness (QED) is 0.537. The molecule has 0 bridgehead atoms. The van der Waals surface area contributed by atoms with Gasteiger partial charge in [-0.2, -0.15) is 0 Å². The first-order valence-corrected chi connectivity index (χ1v) is 12.4. The first-order valence-electron chi connectivity index (χ1n) is 12.4. The topological polar surface area (TPSA) is 118 Å². The Kier molecular flexibility index (Phi) is 5.58. The van der Waals surface area contributed by atoms with Gasteiger partial charge in [0.25, 0.3) is 11.8 Å². The maximum Gasteiger partial charge on any atom is 0.276 e. The van der Waals surface area contributed by atoms with Gasteiger partial charge in [-0.3, -0.25) is 24.5 Å². The van der Waals surface area contributed by atoms with Crippen LogP contribution in [0.2, 0.25) is 0 Å². The molecule has 3 aromatic rings. The minimum absolute atomic E-state index is 0.150. The summed E-state index contributed by atoms with van der Waals surface area (Å²) in [6, 6.07) is 14.9. The molecule has 4 heterocycles. The Bertz CT molecular complexity index is 1410. The highest BCUT2D eigenvalue weighted by atomic mass is 16.2. The van der Waals surface area contributed by atoms with Crippen molar-refractivity contribution in [3.8, 4) is 5.69 Å². The molecule has 3 aliphatic rings. The highest BCUT2D eigenvalue weighted by Gasteiger charge is 2.39. The molecule has 3 aliphatic heterocycles. The van der Waals surface area contributed by atoms with Crippen LogP contribution in [0.1, 0.15) is 57.7 Å². The summed E-state index contributed by atoms with van der Waals surface area (Å²) in [4.78, 5) is 52.9. The van der Waals surface area contributed by atoms with Crippen LogP contribution in [0.3, 0.4) is 0 Å². The van der Waals surface area contributed by atoms with Gasteiger partial charge in [-0.1, -0.05) is 42.5 Å². The fourth-order valence-electron chi connectivity index (χ4n) is 5.38. The molecule has 6 rings (SSSR count). The largest absolute Gasteiger partial charge is 0.336 e. The van der Waals surface area contributed by atoms with Crippen LogP contribution >= 0.6 is 0 Å². The van der Waals surface area contributed by atoms with Gasteiger partial charge in [0.2, 0.25) is 11.8 Å². The lowest BCUT2D eigenvalue weighted by Gasteiger charge is -2.42. The minimum atomic E-state index is -0.665. The van der Waals surface area contributed by atoms with Crippen LogP contribution in [0.4, 0.5) is 0 Å². The molecule has 2 aromatic carbocycles. The zero-order valence-electron chi connectivity index (χ0n) is 20.3. The number of piperidine rings is 1. The van der Waals surface area contributed by atoms with E-state index >= 15 is 0 Å². The molecule has 10 nitrogen and oxygen atoms in total. The summed E-state index contributed by atoms with van der Waals surface area (Å²) in [6.45, 7) is 3.82. The van der Waals surface area contributed by atoms with Crippen molar-refractivity contribution in [2.24, 2.45) is 5.92 Å². The number of carbonyl (C=O) groups is 4. The summed E-state index contributed by atoms with van der Waals surface area (Å²) in [6.07, 6.45) is 2.13. The van der Waals surface area contributed by atoms with E-state index < -0.39 is 11.9 Å². The zero-order valence-corrected chi connectivity index (χ0v) is 20.3. The molecule has 2 unspecified atom stereocenters. The van der Waals surface area contributed by atoms with Crippen molar-refractivity contribution in [3.05, 3.63) is 77.1 Å². The second-order valence-corrected chi connectivity index (χ2v) is 9.96. The van der Waals surface area contributed by atoms with E-state index in [1.807, 2.05) is 24.3 Å². The van der Waals surface area contributed by atoms with Gasteiger partial charge in [0.1, 0.15) is 6.04 Å². The number of amides is 4. The predicted octanol–water partition coefficient (Wildman–Crippen LogP) is 1.90. The van der Waals surface area contributed by atoms with Crippen LogP contribution in [-0.4, -0.2) is 67.6 Å². The predicted molar refractivity (Wildman–Crippen MR) is 132 cm³/mol. The van der Waals surface area contributed by atoms with Crippen LogP contribution in [-0.2, 0) is 16.1 Å². The number of hydrogen-bond acceptors (Lipinski definition) is 6. The lowest BCUT2D eigenvalue weighted by Crippen LogP contribution is -2.52. The molecule has 2 atom stereocenters. The SMILES string of the molecule is CC(c1ccccc1)C1CN(C(=O)c2cn(-c3ccc4c(c3)CN(C3CCC(=O)NC3=O)C4=O)nn2)C1. The van der Waals surface area contributed by atoms with Crippen LogP contribution in [0.5, 0.6) is 0 Å². The van der Waals surface area contributed by atoms with E-state index in [1.54, 1.807) is 23.2 Å². The van der Waals surface area contributed by atoms with Gasteiger partial charge < -0.3 is 9.80 Å². The molecule has 0 radical (unpaired) electrons. The van der Waals surface area contributed by atoms with Crippen LogP contribution < -0.4 is 5.32 Å². The third-order valence-corrected chi connectivity index (χ3v) is 7.71. The van der Waals surface area contributed by atoms with Crippen molar-refractivity contribution in [2.45, 2.75) is 38.3 Å². The van der Waals surface area contributed by atoms with Gasteiger partial charge in [-0.15, -0.1) is 5.10 Å². The van der Waals surface area contributed by atoms with Crippen molar-refractivity contribution in [2.75, 3.05) is 13.1 Å². The van der Waals surface area contributed by atoms with E-state index in [4.69, 9.17) is 0 Å². The van der Waals surface area contributed by atoms with Gasteiger partial charge in [0.05, 0.1) is 11.9 Å². The third-order valence-electron chi connectivity index (χ3n) is 7.71. The van der Waals surface area contributed by atoms with Crippen LogP contribution in [0.25, 0.3) is 5.69 Å². The Morgan fingerprint density at radius 3 is 2.62 bits per heavy atom. The minimum Gasteiger partial charge on any atom is -0.336 e. The lowest BCUT2D eigenvalue weighted by molar-refractivity contribution is -0.136. The summed E-state index contributed by atoms with van der Waals surface area (Å²) >= 11 is 0. The monoisotopic (exact) mass is 498 g/mol. The molecular formula is C27H26N6O4. The number of nitrogens with one attached hydrogen (secondary N) is 1. The van der Waals surface area contributed by atoms with E-state index in [2.05, 4.69) is 34.7 Å². The zero-order chi connectivity index (χ0) is 25.7. The Balaban J connectivity index is 1.12. The highest BCUT2D eigenvalue weighted by molar-refractivity contribution is 6.05. The number of benzene rings is 2. The molecule has 188 valence electrons. The highest BCUT2D eigenvalue weighted by Crippen LogP contribution is 2.32. The van der Waals surface area contributed by atoms with E-state index in [0.717, 1.165) is 5.56 Å². The molecule has 0 spiro atoms. The molecule has 4 amide bonds. The summed E-state index contributed by atoms with van der Waals surface area (Å²) in [5.41, 5.74) is 3.49. The number of carbonyl (C=O) groups excluding carboxylic acids is 4. The van der Waals surface area contributed by atoms with E-state index in [-0.39, 0.29) is 36.4 Å². The van der Waals surface area contributed by atoms with Gasteiger partial charge in [0, 0.05) is 37.5 Å². The Hall–Kier alpha value is -4.34. The second-order valence-electron chi connectivity index (χ2n) is 9.96. The number of nitrogens with zero attached hydrogens (tertiary/aromatic N) is 5. The molecule has 0 aliphatic carbocycles. The molecule has 2 fully saturated rings. The average Bonchev–Trinajstić information content (AvgIpc) is 3.49. The first-order chi connectivity index (χ1) is 17.9. The number of hydrogen-bond donors (Lipinski definition) is 1. The maximum absolute atomic E-state index is 13.0.